The van der Waals surface area contributed by atoms with Crippen molar-refractivity contribution in [3.63, 3.8) is 0 Å². The molecule has 0 aliphatic carbocycles. The number of nitrogens with two attached hydrogens (primary N) is 1. The van der Waals surface area contributed by atoms with Crippen molar-refractivity contribution in [2.45, 2.75) is 32.8 Å². The van der Waals surface area contributed by atoms with E-state index in [0.717, 1.165) is 12.5 Å². The van der Waals surface area contributed by atoms with Crippen molar-refractivity contribution in [1.82, 2.24) is 0 Å². The van der Waals surface area contributed by atoms with E-state index < -0.39 is 5.82 Å². The van der Waals surface area contributed by atoms with Crippen molar-refractivity contribution in [2.75, 3.05) is 17.7 Å². The van der Waals surface area contributed by atoms with E-state index in [9.17, 15) is 9.18 Å². The van der Waals surface area contributed by atoms with Crippen molar-refractivity contribution in [3.05, 3.63) is 24.0 Å². The Kier molecular flexibility index (Phi) is 4.67. The normalized spacial score (nSPS) is 11.3. The average molecular weight is 254 g/mol. The molecule has 100 valence electrons. The Balaban J connectivity index is 2.55. The van der Waals surface area contributed by atoms with Gasteiger partial charge in [-0.05, 0) is 38.5 Å². The molecule has 0 fully saturated rings. The van der Waals surface area contributed by atoms with Crippen LogP contribution in [0.3, 0.4) is 0 Å². The Morgan fingerprint density at radius 2 is 2.17 bits per heavy atom. The van der Waals surface area contributed by atoms with Crippen LogP contribution in [0, 0.1) is 5.82 Å². The molecule has 1 aromatic rings. The lowest BCUT2D eigenvalue weighted by molar-refractivity contribution is -0.126. The van der Waals surface area contributed by atoms with Crippen LogP contribution in [-0.2, 0) is 9.53 Å². The minimum atomic E-state index is -0.436. The zero-order valence-corrected chi connectivity index (χ0v) is 10.9. The zero-order chi connectivity index (χ0) is 13.8. The molecule has 18 heavy (non-hydrogen) atoms. The highest BCUT2D eigenvalue weighted by molar-refractivity contribution is 5.94. The summed E-state index contributed by atoms with van der Waals surface area (Å²) < 4.78 is 18.3. The molecule has 0 heterocycles. The first-order valence-electron chi connectivity index (χ1n) is 5.83. The molecular formula is C13H19FN2O2. The smallest absolute Gasteiger partial charge is 0.250 e. The highest BCUT2D eigenvalue weighted by Crippen LogP contribution is 2.19. The predicted octanol–water partition coefficient (Wildman–Crippen LogP) is 2.55. The number of hydrogen-bond donors (Lipinski definition) is 2. The average Bonchev–Trinajstić information content (AvgIpc) is 2.30. The van der Waals surface area contributed by atoms with E-state index in [1.807, 2.05) is 20.8 Å². The Hall–Kier alpha value is -1.62. The van der Waals surface area contributed by atoms with Crippen LogP contribution in [0.25, 0.3) is 0 Å². The molecular weight excluding hydrogens is 235 g/mol. The Bertz CT molecular complexity index is 433. The third kappa shape index (κ3) is 4.33. The van der Waals surface area contributed by atoms with Crippen LogP contribution in [0.15, 0.2) is 18.2 Å². The molecule has 0 aliphatic heterocycles. The quantitative estimate of drug-likeness (QED) is 0.794. The lowest BCUT2D eigenvalue weighted by Crippen LogP contribution is -2.29. The minimum absolute atomic E-state index is 0.0579. The summed E-state index contributed by atoms with van der Waals surface area (Å²) in [7, 11) is 0. The molecule has 0 atom stereocenters. The zero-order valence-electron chi connectivity index (χ0n) is 10.9. The third-order valence-corrected chi connectivity index (χ3v) is 2.73. The van der Waals surface area contributed by atoms with Crippen LogP contribution < -0.4 is 11.1 Å². The number of benzene rings is 1. The highest BCUT2D eigenvalue weighted by Gasteiger charge is 2.17. The van der Waals surface area contributed by atoms with Gasteiger partial charge in [-0.25, -0.2) is 4.39 Å². The standard InChI is InChI=1S/C13H19FN2O2/c1-4-13(2,3)18-8-12(17)16-11-6-5-9(14)7-10(11)15/h5-7H,4,8,15H2,1-3H3,(H,16,17). The van der Waals surface area contributed by atoms with Gasteiger partial charge in [-0.1, -0.05) is 6.92 Å². The van der Waals surface area contributed by atoms with Crippen LogP contribution in [0.4, 0.5) is 15.8 Å². The maximum Gasteiger partial charge on any atom is 0.250 e. The molecule has 3 N–H and O–H groups in total. The largest absolute Gasteiger partial charge is 0.397 e. The maximum absolute atomic E-state index is 12.8. The van der Waals surface area contributed by atoms with Crippen LogP contribution in [0.1, 0.15) is 27.2 Å². The fraction of sp³-hybridized carbons (Fsp3) is 0.462. The number of nitrogen functional groups attached to an aromatic ring is 1. The van der Waals surface area contributed by atoms with Crippen molar-refractivity contribution >= 4 is 17.3 Å². The van der Waals surface area contributed by atoms with Gasteiger partial charge in [-0.3, -0.25) is 4.79 Å². The van der Waals surface area contributed by atoms with Gasteiger partial charge in [0.1, 0.15) is 12.4 Å². The summed E-state index contributed by atoms with van der Waals surface area (Å²) >= 11 is 0. The number of ether oxygens (including phenoxy) is 1. The monoisotopic (exact) mass is 254 g/mol. The number of carbonyl (C=O) groups is 1. The van der Waals surface area contributed by atoms with E-state index >= 15 is 0 Å². The van der Waals surface area contributed by atoms with E-state index in [2.05, 4.69) is 5.32 Å². The molecule has 4 nitrogen and oxygen atoms in total. The van der Waals surface area contributed by atoms with E-state index in [1.54, 1.807) is 0 Å². The first-order chi connectivity index (χ1) is 8.34. The summed E-state index contributed by atoms with van der Waals surface area (Å²) in [5.41, 5.74) is 5.82. The van der Waals surface area contributed by atoms with Gasteiger partial charge < -0.3 is 15.8 Å². The molecule has 0 saturated heterocycles. The summed E-state index contributed by atoms with van der Waals surface area (Å²) in [6.07, 6.45) is 0.805. The number of nitrogens with one attached hydrogen (secondary N) is 1. The molecule has 1 amide bonds. The summed E-state index contributed by atoms with van der Waals surface area (Å²) in [4.78, 5) is 11.6. The fourth-order valence-electron chi connectivity index (χ4n) is 1.20. The lowest BCUT2D eigenvalue weighted by Gasteiger charge is -2.23. The summed E-state index contributed by atoms with van der Waals surface area (Å²) in [5, 5.41) is 2.58. The second-order valence-corrected chi connectivity index (χ2v) is 4.68. The summed E-state index contributed by atoms with van der Waals surface area (Å²) in [6.45, 7) is 5.74. The van der Waals surface area contributed by atoms with E-state index in [4.69, 9.17) is 10.5 Å². The predicted molar refractivity (Wildman–Crippen MR) is 69.8 cm³/mol. The van der Waals surface area contributed by atoms with Crippen LogP contribution in [0.2, 0.25) is 0 Å². The molecule has 1 aromatic carbocycles. The molecule has 0 unspecified atom stereocenters. The third-order valence-electron chi connectivity index (χ3n) is 2.73. The van der Waals surface area contributed by atoms with E-state index in [-0.39, 0.29) is 23.8 Å². The molecule has 0 aliphatic rings. The van der Waals surface area contributed by atoms with Gasteiger partial charge >= 0.3 is 0 Å². The van der Waals surface area contributed by atoms with Crippen molar-refractivity contribution in [2.24, 2.45) is 0 Å². The number of amides is 1. The van der Waals surface area contributed by atoms with Crippen molar-refractivity contribution in [1.29, 1.82) is 0 Å². The number of carbonyl (C=O) groups excluding carboxylic acids is 1. The topological polar surface area (TPSA) is 64.3 Å². The lowest BCUT2D eigenvalue weighted by atomic mass is 10.1. The molecule has 0 radical (unpaired) electrons. The van der Waals surface area contributed by atoms with Gasteiger partial charge in [0.2, 0.25) is 5.91 Å². The van der Waals surface area contributed by atoms with Crippen LogP contribution >= 0.6 is 0 Å². The first kappa shape index (κ1) is 14.4. The Morgan fingerprint density at radius 1 is 1.50 bits per heavy atom. The number of anilines is 2. The van der Waals surface area contributed by atoms with Gasteiger partial charge in [-0.15, -0.1) is 0 Å². The molecule has 0 spiro atoms. The van der Waals surface area contributed by atoms with E-state index in [0.29, 0.717) is 5.69 Å². The number of hydrogen-bond acceptors (Lipinski definition) is 3. The number of rotatable bonds is 5. The second-order valence-electron chi connectivity index (χ2n) is 4.68. The highest BCUT2D eigenvalue weighted by atomic mass is 19.1. The number of halogens is 1. The maximum atomic E-state index is 12.8. The summed E-state index contributed by atoms with van der Waals surface area (Å²) in [6, 6.07) is 3.82. The fourth-order valence-corrected chi connectivity index (χ4v) is 1.20. The molecule has 0 saturated carbocycles. The second kappa shape index (κ2) is 5.82. The van der Waals surface area contributed by atoms with Crippen molar-refractivity contribution < 1.29 is 13.9 Å². The van der Waals surface area contributed by atoms with Gasteiger partial charge in [0, 0.05) is 0 Å². The van der Waals surface area contributed by atoms with Crippen molar-refractivity contribution in [3.8, 4) is 0 Å². The molecule has 0 bridgehead atoms. The van der Waals surface area contributed by atoms with Gasteiger partial charge in [-0.2, -0.15) is 0 Å². The molecule has 1 rings (SSSR count). The van der Waals surface area contributed by atoms with Gasteiger partial charge in [0.15, 0.2) is 0 Å². The molecule has 5 heteroatoms. The Labute approximate surface area is 106 Å². The van der Waals surface area contributed by atoms with Gasteiger partial charge in [0.05, 0.1) is 17.0 Å². The van der Waals surface area contributed by atoms with Crippen LogP contribution in [0.5, 0.6) is 0 Å². The molecule has 0 aromatic heterocycles. The summed E-state index contributed by atoms with van der Waals surface area (Å²) in [5.74, 6) is -0.747. The van der Waals surface area contributed by atoms with E-state index in [1.165, 1.54) is 12.1 Å². The van der Waals surface area contributed by atoms with Gasteiger partial charge in [0.25, 0.3) is 0 Å². The first-order valence-corrected chi connectivity index (χ1v) is 5.83. The Morgan fingerprint density at radius 3 is 2.72 bits per heavy atom. The SMILES string of the molecule is CCC(C)(C)OCC(=O)Nc1ccc(F)cc1N. The van der Waals surface area contributed by atoms with Crippen LogP contribution in [-0.4, -0.2) is 18.1 Å². The minimum Gasteiger partial charge on any atom is -0.397 e.